The fourth-order valence-corrected chi connectivity index (χ4v) is 5.06. The Bertz CT molecular complexity index is 529. The minimum atomic E-state index is 0.398. The molecule has 17 heavy (non-hydrogen) atoms. The van der Waals surface area contributed by atoms with Crippen LogP contribution in [0.3, 0.4) is 0 Å². The topological polar surface area (TPSA) is 20.2 Å². The molecule has 0 saturated carbocycles. The molecule has 1 heterocycles. The average molecular weight is 245 g/mol. The van der Waals surface area contributed by atoms with Gasteiger partial charge < -0.3 is 5.11 Å². The molecule has 1 aliphatic rings. The predicted octanol–water partition coefficient (Wildman–Crippen LogP) is 3.71. The predicted molar refractivity (Wildman–Crippen MR) is 74.8 cm³/mol. The van der Waals surface area contributed by atoms with Crippen molar-refractivity contribution in [2.45, 2.75) is 24.2 Å². The maximum absolute atomic E-state index is 9.90. The normalized spacial score (nSPS) is 17.4. The second-order valence-corrected chi connectivity index (χ2v) is 6.83. The molecule has 0 spiro atoms. The largest absolute Gasteiger partial charge is 0.507 e. The molecule has 1 fully saturated rings. The third-order valence-electron chi connectivity index (χ3n) is 3.45. The van der Waals surface area contributed by atoms with Gasteiger partial charge in [-0.3, -0.25) is 0 Å². The average Bonchev–Trinajstić information content (AvgIpc) is 2.41. The minimum absolute atomic E-state index is 0.398. The molecule has 88 valence electrons. The van der Waals surface area contributed by atoms with Gasteiger partial charge in [0.05, 0.1) is 0 Å². The first-order valence-corrected chi connectivity index (χ1v) is 7.81. The molecule has 1 saturated heterocycles. The lowest BCUT2D eigenvalue weighted by Gasteiger charge is -2.15. The van der Waals surface area contributed by atoms with Gasteiger partial charge in [0, 0.05) is 21.7 Å². The van der Waals surface area contributed by atoms with E-state index in [0.29, 0.717) is 16.6 Å². The third-order valence-corrected chi connectivity index (χ3v) is 5.99. The van der Waals surface area contributed by atoms with E-state index >= 15 is 0 Å². The Hall–Kier alpha value is -1.15. The van der Waals surface area contributed by atoms with Crippen LogP contribution in [0.15, 0.2) is 41.3 Å². The van der Waals surface area contributed by atoms with E-state index in [9.17, 15) is 5.11 Å². The van der Waals surface area contributed by atoms with Crippen LogP contribution in [0.5, 0.6) is 5.75 Å². The number of aromatic hydroxyl groups is 1. The van der Waals surface area contributed by atoms with Crippen LogP contribution in [0.4, 0.5) is 0 Å². The van der Waals surface area contributed by atoms with Gasteiger partial charge in [-0.2, -0.15) is 0 Å². The monoisotopic (exact) mass is 245 g/mol. The molecule has 2 aromatic carbocycles. The Morgan fingerprint density at radius 3 is 2.29 bits per heavy atom. The van der Waals surface area contributed by atoms with Gasteiger partial charge in [-0.1, -0.05) is 18.2 Å². The van der Waals surface area contributed by atoms with Crippen molar-refractivity contribution in [3.63, 3.8) is 0 Å². The van der Waals surface area contributed by atoms with Crippen LogP contribution in [0.1, 0.15) is 19.3 Å². The van der Waals surface area contributed by atoms with Gasteiger partial charge in [0.15, 0.2) is 4.90 Å². The fraction of sp³-hybridized carbons (Fsp3) is 0.333. The summed E-state index contributed by atoms with van der Waals surface area (Å²) in [5, 5.41) is 12.1. The molecule has 0 radical (unpaired) electrons. The molecule has 0 atom stereocenters. The highest BCUT2D eigenvalue weighted by Gasteiger charge is 2.26. The van der Waals surface area contributed by atoms with Crippen LogP contribution in [0.25, 0.3) is 10.8 Å². The first kappa shape index (κ1) is 11.0. The first-order chi connectivity index (χ1) is 8.36. The minimum Gasteiger partial charge on any atom is -0.507 e. The summed E-state index contributed by atoms with van der Waals surface area (Å²) < 4.78 is 0. The van der Waals surface area contributed by atoms with Gasteiger partial charge in [0.2, 0.25) is 0 Å². The maximum Gasteiger partial charge on any atom is 0.162 e. The molecule has 3 rings (SSSR count). The maximum atomic E-state index is 9.90. The SMILES string of the molecule is Oc1ccc([S+]2CCCCC2)c2ccccc12. The molecule has 0 aliphatic carbocycles. The van der Waals surface area contributed by atoms with Crippen molar-refractivity contribution in [1.29, 1.82) is 0 Å². The highest BCUT2D eigenvalue weighted by atomic mass is 32.2. The van der Waals surface area contributed by atoms with Crippen LogP contribution in [0, 0.1) is 0 Å². The van der Waals surface area contributed by atoms with E-state index in [1.54, 1.807) is 0 Å². The van der Waals surface area contributed by atoms with Gasteiger partial charge in [0.25, 0.3) is 0 Å². The Morgan fingerprint density at radius 2 is 1.53 bits per heavy atom. The Kier molecular flexibility index (Phi) is 2.98. The van der Waals surface area contributed by atoms with Gasteiger partial charge in [-0.25, -0.2) is 0 Å². The molecule has 0 bridgehead atoms. The van der Waals surface area contributed by atoms with Gasteiger partial charge >= 0.3 is 0 Å². The van der Waals surface area contributed by atoms with Crippen molar-refractivity contribution < 1.29 is 5.11 Å². The number of phenolic OH excluding ortho intramolecular Hbond substituents is 1. The summed E-state index contributed by atoms with van der Waals surface area (Å²) in [6.07, 6.45) is 4.11. The van der Waals surface area contributed by atoms with E-state index in [1.165, 1.54) is 41.0 Å². The summed E-state index contributed by atoms with van der Waals surface area (Å²) in [7, 11) is 0.398. The van der Waals surface area contributed by atoms with Crippen LogP contribution in [-0.4, -0.2) is 16.6 Å². The van der Waals surface area contributed by atoms with Crippen LogP contribution < -0.4 is 0 Å². The number of rotatable bonds is 1. The fourth-order valence-electron chi connectivity index (χ4n) is 2.56. The lowest BCUT2D eigenvalue weighted by atomic mass is 10.1. The number of phenols is 1. The van der Waals surface area contributed by atoms with E-state index in [4.69, 9.17) is 0 Å². The summed E-state index contributed by atoms with van der Waals surface area (Å²) in [5.74, 6) is 3.06. The molecular formula is C15H17OS+. The molecule has 2 heteroatoms. The summed E-state index contributed by atoms with van der Waals surface area (Å²) >= 11 is 0. The van der Waals surface area contributed by atoms with Gasteiger partial charge in [-0.05, 0) is 37.5 Å². The second kappa shape index (κ2) is 4.61. The summed E-state index contributed by atoms with van der Waals surface area (Å²) in [5.41, 5.74) is 0. The number of hydrogen-bond acceptors (Lipinski definition) is 1. The van der Waals surface area contributed by atoms with Crippen LogP contribution in [-0.2, 0) is 10.9 Å². The van der Waals surface area contributed by atoms with E-state index in [1.807, 2.05) is 18.2 Å². The number of benzene rings is 2. The zero-order valence-corrected chi connectivity index (χ0v) is 10.7. The molecule has 0 amide bonds. The number of hydrogen-bond donors (Lipinski definition) is 1. The molecule has 1 N–H and O–H groups in total. The molecular weight excluding hydrogens is 228 g/mol. The molecule has 0 unspecified atom stereocenters. The van der Waals surface area contributed by atoms with Crippen molar-refractivity contribution in [1.82, 2.24) is 0 Å². The van der Waals surface area contributed by atoms with Gasteiger partial charge in [0.1, 0.15) is 17.3 Å². The Morgan fingerprint density at radius 1 is 0.824 bits per heavy atom. The van der Waals surface area contributed by atoms with Crippen molar-refractivity contribution in [3.05, 3.63) is 36.4 Å². The van der Waals surface area contributed by atoms with E-state index < -0.39 is 0 Å². The molecule has 1 aliphatic heterocycles. The standard InChI is InChI=1S/C15H16OS/c16-14-8-9-15(17-10-4-1-5-11-17)13-7-3-2-6-12(13)14/h2-3,6-9H,1,4-5,10-11H2/p+1. The Balaban J connectivity index is 2.12. The highest BCUT2D eigenvalue weighted by molar-refractivity contribution is 7.97. The summed E-state index contributed by atoms with van der Waals surface area (Å²) in [6.45, 7) is 0. The second-order valence-electron chi connectivity index (χ2n) is 4.59. The van der Waals surface area contributed by atoms with Crippen molar-refractivity contribution in [2.75, 3.05) is 11.5 Å². The van der Waals surface area contributed by atoms with Crippen LogP contribution >= 0.6 is 0 Å². The van der Waals surface area contributed by atoms with E-state index in [-0.39, 0.29) is 0 Å². The highest BCUT2D eigenvalue weighted by Crippen LogP contribution is 2.33. The molecule has 1 nitrogen and oxygen atoms in total. The van der Waals surface area contributed by atoms with E-state index in [2.05, 4.69) is 18.2 Å². The third kappa shape index (κ3) is 2.02. The lowest BCUT2D eigenvalue weighted by Crippen LogP contribution is -2.17. The van der Waals surface area contributed by atoms with Crippen molar-refractivity contribution in [3.8, 4) is 5.75 Å². The quantitative estimate of drug-likeness (QED) is 0.759. The molecule has 2 aromatic rings. The Labute approximate surface area is 105 Å². The van der Waals surface area contributed by atoms with Crippen molar-refractivity contribution >= 4 is 21.7 Å². The van der Waals surface area contributed by atoms with Crippen LogP contribution in [0.2, 0.25) is 0 Å². The first-order valence-electron chi connectivity index (χ1n) is 6.24. The van der Waals surface area contributed by atoms with E-state index in [0.717, 1.165) is 5.39 Å². The lowest BCUT2D eigenvalue weighted by molar-refractivity contribution is 0.481. The zero-order valence-electron chi connectivity index (χ0n) is 9.86. The smallest absolute Gasteiger partial charge is 0.162 e. The number of fused-ring (bicyclic) bond motifs is 1. The summed E-state index contributed by atoms with van der Waals surface area (Å²) in [4.78, 5) is 1.46. The zero-order chi connectivity index (χ0) is 11.7. The summed E-state index contributed by atoms with van der Waals surface area (Å²) in [6, 6.07) is 12.2. The van der Waals surface area contributed by atoms with Gasteiger partial charge in [-0.15, -0.1) is 0 Å². The van der Waals surface area contributed by atoms with Crippen molar-refractivity contribution in [2.24, 2.45) is 0 Å². The molecule has 0 aromatic heterocycles.